The predicted octanol–water partition coefficient (Wildman–Crippen LogP) is 4.09. The molecule has 1 aliphatic carbocycles. The smallest absolute Gasteiger partial charge is 0.306 e. The van der Waals surface area contributed by atoms with E-state index in [9.17, 15) is 4.79 Å². The lowest BCUT2D eigenvalue weighted by atomic mass is 9.62. The fourth-order valence-corrected chi connectivity index (χ4v) is 4.10. The minimum absolute atomic E-state index is 0.0353. The predicted molar refractivity (Wildman–Crippen MR) is 85.9 cm³/mol. The van der Waals surface area contributed by atoms with Crippen LogP contribution in [0.25, 0.3) is 0 Å². The summed E-state index contributed by atoms with van der Waals surface area (Å²) < 4.78 is 10.5. The van der Waals surface area contributed by atoms with Crippen molar-refractivity contribution in [2.45, 2.75) is 38.5 Å². The van der Waals surface area contributed by atoms with Crippen LogP contribution in [0.5, 0.6) is 5.75 Å². The molecule has 22 heavy (non-hydrogen) atoms. The van der Waals surface area contributed by atoms with E-state index >= 15 is 0 Å². The molecular weight excluding hydrogens is 276 g/mol. The summed E-state index contributed by atoms with van der Waals surface area (Å²) in [4.78, 5) is 11.6. The lowest BCUT2D eigenvalue weighted by molar-refractivity contribution is -0.137. The summed E-state index contributed by atoms with van der Waals surface area (Å²) >= 11 is 0. The van der Waals surface area contributed by atoms with Crippen molar-refractivity contribution in [3.63, 3.8) is 0 Å². The molecule has 1 saturated carbocycles. The van der Waals surface area contributed by atoms with Crippen molar-refractivity contribution in [2.75, 3.05) is 13.7 Å². The zero-order valence-corrected chi connectivity index (χ0v) is 13.4. The zero-order chi connectivity index (χ0) is 15.7. The highest BCUT2D eigenvalue weighted by molar-refractivity contribution is 5.72. The normalized spacial score (nSPS) is 31.1. The van der Waals surface area contributed by atoms with Gasteiger partial charge in [-0.1, -0.05) is 24.3 Å². The van der Waals surface area contributed by atoms with Gasteiger partial charge in [-0.3, -0.25) is 4.79 Å². The van der Waals surface area contributed by atoms with Crippen LogP contribution in [0.4, 0.5) is 0 Å². The van der Waals surface area contributed by atoms with E-state index < -0.39 is 0 Å². The molecule has 1 aromatic carbocycles. The molecular formula is C19H24O3. The Morgan fingerprint density at radius 2 is 2.09 bits per heavy atom. The Morgan fingerprint density at radius 3 is 2.64 bits per heavy atom. The number of allylic oxidation sites excluding steroid dienone is 1. The topological polar surface area (TPSA) is 35.5 Å². The summed E-state index contributed by atoms with van der Waals surface area (Å²) in [6.07, 6.45) is 3.72. The van der Waals surface area contributed by atoms with Gasteiger partial charge in [0.25, 0.3) is 0 Å². The van der Waals surface area contributed by atoms with Crippen LogP contribution in [0.1, 0.15) is 44.1 Å². The van der Waals surface area contributed by atoms with E-state index in [1.807, 2.05) is 12.1 Å². The molecule has 0 amide bonds. The number of rotatable bonds is 3. The van der Waals surface area contributed by atoms with E-state index in [2.05, 4.69) is 25.6 Å². The molecule has 1 aliphatic heterocycles. The van der Waals surface area contributed by atoms with Gasteiger partial charge in [-0.2, -0.15) is 0 Å². The fourth-order valence-electron chi connectivity index (χ4n) is 4.10. The van der Waals surface area contributed by atoms with E-state index in [1.54, 1.807) is 7.11 Å². The quantitative estimate of drug-likeness (QED) is 0.623. The van der Waals surface area contributed by atoms with Crippen molar-refractivity contribution in [1.29, 1.82) is 0 Å². The highest BCUT2D eigenvalue weighted by Gasteiger charge is 2.47. The van der Waals surface area contributed by atoms with Gasteiger partial charge in [0, 0.05) is 5.41 Å². The molecule has 0 N–H and O–H groups in total. The second-order valence-corrected chi connectivity index (χ2v) is 6.91. The Morgan fingerprint density at radius 1 is 1.36 bits per heavy atom. The molecule has 118 valence electrons. The van der Waals surface area contributed by atoms with Crippen molar-refractivity contribution in [3.8, 4) is 5.75 Å². The van der Waals surface area contributed by atoms with Crippen LogP contribution >= 0.6 is 0 Å². The first-order valence-electron chi connectivity index (χ1n) is 7.98. The molecule has 3 nitrogen and oxygen atoms in total. The Labute approximate surface area is 132 Å². The first kappa shape index (κ1) is 15.1. The van der Waals surface area contributed by atoms with Gasteiger partial charge < -0.3 is 9.47 Å². The maximum Gasteiger partial charge on any atom is 0.306 e. The van der Waals surface area contributed by atoms with Crippen molar-refractivity contribution < 1.29 is 14.3 Å². The number of benzene rings is 1. The maximum atomic E-state index is 11.6. The van der Waals surface area contributed by atoms with Crippen molar-refractivity contribution in [2.24, 2.45) is 11.3 Å². The third-order valence-electron chi connectivity index (χ3n) is 5.36. The van der Waals surface area contributed by atoms with Crippen LogP contribution in [0.15, 0.2) is 36.4 Å². The van der Waals surface area contributed by atoms with Crippen molar-refractivity contribution in [1.82, 2.24) is 0 Å². The summed E-state index contributed by atoms with van der Waals surface area (Å²) in [5, 5.41) is 0. The lowest BCUT2D eigenvalue weighted by Crippen LogP contribution is -2.33. The summed E-state index contributed by atoms with van der Waals surface area (Å²) in [5.74, 6) is 1.73. The monoisotopic (exact) mass is 300 g/mol. The number of methoxy groups -OCH3 is 1. The number of ether oxygens (including phenoxy) is 2. The van der Waals surface area contributed by atoms with E-state index in [4.69, 9.17) is 9.47 Å². The Hall–Kier alpha value is -1.77. The number of hydrogen-bond donors (Lipinski definition) is 0. The number of carbonyl (C=O) groups is 1. The maximum absolute atomic E-state index is 11.6. The molecule has 2 fully saturated rings. The van der Waals surface area contributed by atoms with Gasteiger partial charge in [0.2, 0.25) is 0 Å². The largest absolute Gasteiger partial charge is 0.497 e. The van der Waals surface area contributed by atoms with Gasteiger partial charge in [0.15, 0.2) is 0 Å². The summed E-state index contributed by atoms with van der Waals surface area (Å²) in [6, 6.07) is 8.33. The van der Waals surface area contributed by atoms with Crippen LogP contribution < -0.4 is 4.74 Å². The third-order valence-corrected chi connectivity index (χ3v) is 5.36. The standard InChI is InChI=1S/C19H24O3/c1-13(2)16-8-9-19(11-18(20)22-12-19)10-17(16)14-4-6-15(21-3)7-5-14/h4-7,16-17H,1,8-12H2,2-3H3/t16-,17-,19-/m0/s1. The molecule has 0 bridgehead atoms. The van der Waals surface area contributed by atoms with Crippen LogP contribution in [-0.4, -0.2) is 19.7 Å². The average molecular weight is 300 g/mol. The lowest BCUT2D eigenvalue weighted by Gasteiger charge is -2.42. The third kappa shape index (κ3) is 2.77. The van der Waals surface area contributed by atoms with Crippen LogP contribution in [-0.2, 0) is 9.53 Å². The van der Waals surface area contributed by atoms with Gasteiger partial charge >= 0.3 is 5.97 Å². The van der Waals surface area contributed by atoms with Crippen LogP contribution in [0, 0.1) is 11.3 Å². The van der Waals surface area contributed by atoms with E-state index in [0.29, 0.717) is 24.9 Å². The summed E-state index contributed by atoms with van der Waals surface area (Å²) in [5.41, 5.74) is 2.58. The molecule has 3 atom stereocenters. The fraction of sp³-hybridized carbons (Fsp3) is 0.526. The molecule has 3 heteroatoms. The molecule has 1 saturated heterocycles. The Balaban J connectivity index is 1.88. The minimum Gasteiger partial charge on any atom is -0.497 e. The molecule has 1 heterocycles. The Kier molecular flexibility index (Phi) is 3.98. The number of hydrogen-bond acceptors (Lipinski definition) is 3. The average Bonchev–Trinajstić information content (AvgIpc) is 2.87. The van der Waals surface area contributed by atoms with Crippen LogP contribution in [0.3, 0.4) is 0 Å². The Bertz CT molecular complexity index is 575. The zero-order valence-electron chi connectivity index (χ0n) is 13.4. The highest BCUT2D eigenvalue weighted by atomic mass is 16.5. The molecule has 2 aliphatic rings. The molecule has 0 aromatic heterocycles. The van der Waals surface area contributed by atoms with Gasteiger partial charge in [0.05, 0.1) is 20.1 Å². The molecule has 0 unspecified atom stereocenters. The number of carbonyl (C=O) groups excluding carboxylic acids is 1. The molecule has 3 rings (SSSR count). The van der Waals surface area contributed by atoms with Gasteiger partial charge in [-0.15, -0.1) is 0 Å². The first-order valence-corrected chi connectivity index (χ1v) is 7.98. The van der Waals surface area contributed by atoms with E-state index in [1.165, 1.54) is 11.1 Å². The number of cyclic esters (lactones) is 1. The van der Waals surface area contributed by atoms with E-state index in [0.717, 1.165) is 25.0 Å². The van der Waals surface area contributed by atoms with Crippen molar-refractivity contribution in [3.05, 3.63) is 42.0 Å². The van der Waals surface area contributed by atoms with Crippen molar-refractivity contribution >= 4 is 5.97 Å². The molecule has 1 spiro atoms. The van der Waals surface area contributed by atoms with Gasteiger partial charge in [0.1, 0.15) is 5.75 Å². The van der Waals surface area contributed by atoms with Gasteiger partial charge in [-0.05, 0) is 55.7 Å². The second-order valence-electron chi connectivity index (χ2n) is 6.91. The number of esters is 1. The van der Waals surface area contributed by atoms with E-state index in [-0.39, 0.29) is 11.4 Å². The first-order chi connectivity index (χ1) is 10.5. The van der Waals surface area contributed by atoms with Crippen LogP contribution in [0.2, 0.25) is 0 Å². The second kappa shape index (κ2) is 5.79. The minimum atomic E-state index is -0.0396. The summed E-state index contributed by atoms with van der Waals surface area (Å²) in [7, 11) is 1.68. The van der Waals surface area contributed by atoms with Gasteiger partial charge in [-0.25, -0.2) is 0 Å². The SMILES string of the molecule is C=C(C)[C@@H]1CC[C@]2(COC(=O)C2)C[C@H]1c1ccc(OC)cc1. The highest BCUT2D eigenvalue weighted by Crippen LogP contribution is 2.52. The molecule has 0 radical (unpaired) electrons. The summed E-state index contributed by atoms with van der Waals surface area (Å²) in [6.45, 7) is 6.90. The molecule has 1 aromatic rings.